The normalized spacial score (nSPS) is 13.6. The van der Waals surface area contributed by atoms with E-state index in [4.69, 9.17) is 25.8 Å². The lowest BCUT2D eigenvalue weighted by atomic mass is 9.97. The van der Waals surface area contributed by atoms with Gasteiger partial charge in [0.15, 0.2) is 5.13 Å². The summed E-state index contributed by atoms with van der Waals surface area (Å²) in [4.78, 5) is 52.0. The number of ether oxygens (including phenoxy) is 3. The van der Waals surface area contributed by atoms with Crippen molar-refractivity contribution in [2.45, 2.75) is 33.3 Å². The minimum Gasteiger partial charge on any atom is -0.466 e. The van der Waals surface area contributed by atoms with Crippen LogP contribution in [-0.4, -0.2) is 59.4 Å². The average Bonchev–Trinajstić information content (AvgIpc) is 3.34. The van der Waals surface area contributed by atoms with E-state index in [2.05, 4.69) is 20.3 Å². The second kappa shape index (κ2) is 13.5. The van der Waals surface area contributed by atoms with Crippen LogP contribution in [0, 0.1) is 5.92 Å². The Morgan fingerprint density at radius 2 is 1.93 bits per heavy atom. The zero-order valence-electron chi connectivity index (χ0n) is 21.8. The first kappa shape index (κ1) is 29.2. The van der Waals surface area contributed by atoms with Gasteiger partial charge in [-0.3, -0.25) is 19.7 Å². The number of nitrogens with one attached hydrogen (secondary N) is 1. The van der Waals surface area contributed by atoms with E-state index in [9.17, 15) is 18.8 Å². The second-order valence-electron chi connectivity index (χ2n) is 8.73. The van der Waals surface area contributed by atoms with Crippen LogP contribution in [0.1, 0.15) is 42.1 Å². The standard InChI is InChI=1S/C26H27ClFN5O6S/c1-3-37-25(36)16-4-6-33(7-5-16)22-12-29-20(11-30-22)24(35)32-26-31-23(21(40-26)13-38-15(2)34)17-8-18(27)10-19(9-17)39-14-28/h8-12,16H,3-7,13-14H2,1-2H3,(H,31,32,35). The van der Waals surface area contributed by atoms with E-state index in [0.717, 1.165) is 11.3 Å². The van der Waals surface area contributed by atoms with Gasteiger partial charge < -0.3 is 19.1 Å². The molecule has 0 radical (unpaired) electrons. The van der Waals surface area contributed by atoms with Crippen LogP contribution in [0.5, 0.6) is 5.75 Å². The van der Waals surface area contributed by atoms with Crippen molar-refractivity contribution in [1.29, 1.82) is 0 Å². The molecule has 0 spiro atoms. The van der Waals surface area contributed by atoms with Crippen LogP contribution in [0.3, 0.4) is 0 Å². The Balaban J connectivity index is 1.46. The topological polar surface area (TPSA) is 133 Å². The molecule has 1 fully saturated rings. The van der Waals surface area contributed by atoms with Crippen LogP contribution in [0.2, 0.25) is 5.02 Å². The Morgan fingerprint density at radius 3 is 2.58 bits per heavy atom. The highest BCUT2D eigenvalue weighted by Crippen LogP contribution is 2.35. The summed E-state index contributed by atoms with van der Waals surface area (Å²) in [6, 6.07) is 4.60. The maximum atomic E-state index is 12.9. The van der Waals surface area contributed by atoms with E-state index in [-0.39, 0.29) is 35.1 Å². The Kier molecular flexibility index (Phi) is 9.83. The van der Waals surface area contributed by atoms with Crippen LogP contribution >= 0.6 is 22.9 Å². The van der Waals surface area contributed by atoms with Gasteiger partial charge in [-0.15, -0.1) is 0 Å². The quantitative estimate of drug-likeness (QED) is 0.332. The lowest BCUT2D eigenvalue weighted by Crippen LogP contribution is -2.37. The molecule has 0 unspecified atom stereocenters. The minimum absolute atomic E-state index is 0.0739. The number of nitrogens with zero attached hydrogens (tertiary/aromatic N) is 4. The van der Waals surface area contributed by atoms with Gasteiger partial charge in [0, 0.05) is 30.6 Å². The molecule has 3 aromatic rings. The smallest absolute Gasteiger partial charge is 0.309 e. The van der Waals surface area contributed by atoms with Gasteiger partial charge in [-0.1, -0.05) is 22.9 Å². The number of aromatic nitrogens is 3. The predicted octanol–water partition coefficient (Wildman–Crippen LogP) is 4.65. The number of halogens is 2. The monoisotopic (exact) mass is 591 g/mol. The fourth-order valence-electron chi connectivity index (χ4n) is 4.11. The fourth-order valence-corrected chi connectivity index (χ4v) is 5.23. The number of carbonyl (C=O) groups is 3. The lowest BCUT2D eigenvalue weighted by molar-refractivity contribution is -0.148. The lowest BCUT2D eigenvalue weighted by Gasteiger charge is -2.31. The zero-order chi connectivity index (χ0) is 28.6. The van der Waals surface area contributed by atoms with E-state index in [1.807, 2.05) is 4.90 Å². The molecule has 0 saturated carbocycles. The zero-order valence-corrected chi connectivity index (χ0v) is 23.4. The third kappa shape index (κ3) is 7.42. The third-order valence-electron chi connectivity index (χ3n) is 6.00. The predicted molar refractivity (Wildman–Crippen MR) is 146 cm³/mol. The molecule has 0 atom stereocenters. The first-order chi connectivity index (χ1) is 19.3. The number of alkyl halides is 1. The molecular formula is C26H27ClFN5O6S. The summed E-state index contributed by atoms with van der Waals surface area (Å²) in [5.41, 5.74) is 0.955. The Morgan fingerprint density at radius 1 is 1.15 bits per heavy atom. The maximum Gasteiger partial charge on any atom is 0.309 e. The van der Waals surface area contributed by atoms with Gasteiger partial charge in [-0.2, -0.15) is 0 Å². The molecule has 1 N–H and O–H groups in total. The van der Waals surface area contributed by atoms with Crippen molar-refractivity contribution >= 4 is 51.7 Å². The summed E-state index contributed by atoms with van der Waals surface area (Å²) in [6.07, 6.45) is 4.18. The SMILES string of the molecule is CCOC(=O)C1CCN(c2cnc(C(=O)Nc3nc(-c4cc(Cl)cc(OCF)c4)c(COC(C)=O)s3)cn2)CC1. The van der Waals surface area contributed by atoms with Crippen molar-refractivity contribution in [2.24, 2.45) is 5.92 Å². The molecule has 0 aliphatic carbocycles. The number of carbonyl (C=O) groups excluding carboxylic acids is 3. The van der Waals surface area contributed by atoms with Crippen LogP contribution in [-0.2, 0) is 25.7 Å². The molecular weight excluding hydrogens is 565 g/mol. The first-order valence-electron chi connectivity index (χ1n) is 12.4. The number of thiazole rings is 1. The highest BCUT2D eigenvalue weighted by Gasteiger charge is 2.27. The summed E-state index contributed by atoms with van der Waals surface area (Å²) < 4.78 is 27.9. The van der Waals surface area contributed by atoms with Gasteiger partial charge in [0.25, 0.3) is 5.91 Å². The maximum absolute atomic E-state index is 12.9. The molecule has 40 heavy (non-hydrogen) atoms. The van der Waals surface area contributed by atoms with Crippen molar-refractivity contribution in [3.63, 3.8) is 0 Å². The Hall–Kier alpha value is -3.84. The highest BCUT2D eigenvalue weighted by atomic mass is 35.5. The van der Waals surface area contributed by atoms with E-state index in [1.54, 1.807) is 19.1 Å². The van der Waals surface area contributed by atoms with Gasteiger partial charge >= 0.3 is 11.9 Å². The molecule has 1 saturated heterocycles. The van der Waals surface area contributed by atoms with Crippen molar-refractivity contribution in [3.8, 4) is 17.0 Å². The van der Waals surface area contributed by atoms with E-state index < -0.39 is 18.7 Å². The van der Waals surface area contributed by atoms with Crippen LogP contribution < -0.4 is 15.0 Å². The van der Waals surface area contributed by atoms with Crippen molar-refractivity contribution < 1.29 is 33.0 Å². The molecule has 4 rings (SSSR count). The molecule has 2 aromatic heterocycles. The molecule has 3 heterocycles. The van der Waals surface area contributed by atoms with Gasteiger partial charge in [-0.25, -0.2) is 19.3 Å². The van der Waals surface area contributed by atoms with Crippen LogP contribution in [0.25, 0.3) is 11.3 Å². The molecule has 1 aliphatic rings. The van der Waals surface area contributed by atoms with Gasteiger partial charge in [-0.05, 0) is 38.0 Å². The number of piperidine rings is 1. The molecule has 1 aliphatic heterocycles. The van der Waals surface area contributed by atoms with Gasteiger partial charge in [0.1, 0.15) is 23.9 Å². The number of hydrogen-bond donors (Lipinski definition) is 1. The van der Waals surface area contributed by atoms with E-state index in [1.165, 1.54) is 25.4 Å². The molecule has 11 nitrogen and oxygen atoms in total. The second-order valence-corrected chi connectivity index (χ2v) is 10.2. The van der Waals surface area contributed by atoms with Crippen LogP contribution in [0.15, 0.2) is 30.6 Å². The number of rotatable bonds is 10. The first-order valence-corrected chi connectivity index (χ1v) is 13.6. The molecule has 14 heteroatoms. The molecule has 1 aromatic carbocycles. The van der Waals surface area contributed by atoms with E-state index in [0.29, 0.717) is 59.5 Å². The number of benzene rings is 1. The summed E-state index contributed by atoms with van der Waals surface area (Å²) in [5.74, 6) is -0.526. The summed E-state index contributed by atoms with van der Waals surface area (Å²) in [7, 11) is 0. The fraction of sp³-hybridized carbons (Fsp3) is 0.385. The molecule has 0 bridgehead atoms. The summed E-state index contributed by atoms with van der Waals surface area (Å²) in [5, 5.41) is 3.21. The number of amides is 1. The highest BCUT2D eigenvalue weighted by molar-refractivity contribution is 7.16. The Bertz CT molecular complexity index is 1360. The minimum atomic E-state index is -1.04. The Labute approximate surface area is 238 Å². The van der Waals surface area contributed by atoms with E-state index >= 15 is 0 Å². The third-order valence-corrected chi connectivity index (χ3v) is 7.16. The van der Waals surface area contributed by atoms with Crippen molar-refractivity contribution in [3.05, 3.63) is 46.2 Å². The number of hydrogen-bond acceptors (Lipinski definition) is 11. The van der Waals surface area contributed by atoms with Crippen molar-refractivity contribution in [1.82, 2.24) is 15.0 Å². The number of esters is 2. The van der Waals surface area contributed by atoms with Crippen molar-refractivity contribution in [2.75, 3.05) is 36.8 Å². The van der Waals surface area contributed by atoms with Crippen LogP contribution in [0.4, 0.5) is 15.3 Å². The number of anilines is 2. The molecule has 1 amide bonds. The summed E-state index contributed by atoms with van der Waals surface area (Å²) in [6.45, 7) is 3.55. The average molecular weight is 592 g/mol. The largest absolute Gasteiger partial charge is 0.466 e. The summed E-state index contributed by atoms with van der Waals surface area (Å²) >= 11 is 7.27. The van der Waals surface area contributed by atoms with Gasteiger partial charge in [0.05, 0.1) is 35.5 Å². The molecule has 212 valence electrons. The van der Waals surface area contributed by atoms with Gasteiger partial charge in [0.2, 0.25) is 6.86 Å².